The van der Waals surface area contributed by atoms with Gasteiger partial charge < -0.3 is 35.1 Å². The number of aliphatic carboxylic acids is 1. The topological polar surface area (TPSA) is 153 Å². The van der Waals surface area contributed by atoms with E-state index >= 15 is 0 Å². The number of phenols is 1. The Morgan fingerprint density at radius 1 is 1.07 bits per heavy atom. The molecular weight excluding hydrogens is 572 g/mol. The van der Waals surface area contributed by atoms with E-state index in [2.05, 4.69) is 30.3 Å². The zero-order valence-electron chi connectivity index (χ0n) is 25.2. The van der Waals surface area contributed by atoms with Crippen LogP contribution in [0.3, 0.4) is 0 Å². The van der Waals surface area contributed by atoms with E-state index < -0.39 is 12.6 Å². The fraction of sp³-hybridized carbons (Fsp3) is 0.485. The molecule has 1 atom stereocenters. The molecule has 6 heterocycles. The molecule has 4 N–H and O–H groups in total. The van der Waals surface area contributed by atoms with Crippen molar-refractivity contribution in [2.75, 3.05) is 50.8 Å². The van der Waals surface area contributed by atoms with Gasteiger partial charge in [0.15, 0.2) is 5.65 Å². The first-order valence-electron chi connectivity index (χ1n) is 16.0. The van der Waals surface area contributed by atoms with Crippen molar-refractivity contribution in [1.82, 2.24) is 35.4 Å². The number of ether oxygens (including phenoxy) is 1. The second-order valence-electron chi connectivity index (χ2n) is 13.2. The number of anilines is 1. The Kier molecular flexibility index (Phi) is 7.15. The standard InChI is InChI=1S/C33H38N8O4/c42-28-4-2-1-3-23(28)26-11-24-30-25(37-31(24)39-38-26)7-10-41(27(30)16-45-17-29(43)44)32-35-14-21(15-36-32)20-5-8-40(9-6-20)22-12-33(13-22)18-34-19-33/h1-4,11,14-15,20,22,27,34,42H,5-10,12-13,16-19H2,(H,37,39)(H,43,44). The van der Waals surface area contributed by atoms with Crippen molar-refractivity contribution in [3.63, 3.8) is 0 Å². The lowest BCUT2D eigenvalue weighted by atomic mass is 9.61. The van der Waals surface area contributed by atoms with Crippen LogP contribution in [0.2, 0.25) is 0 Å². The number of aromatic nitrogens is 5. The third-order valence-electron chi connectivity index (χ3n) is 10.4. The number of hydrogen-bond donors (Lipinski definition) is 4. The third kappa shape index (κ3) is 5.20. The van der Waals surface area contributed by atoms with Gasteiger partial charge in [-0.15, -0.1) is 10.2 Å². The van der Waals surface area contributed by atoms with Gasteiger partial charge in [-0.1, -0.05) is 12.1 Å². The van der Waals surface area contributed by atoms with Crippen LogP contribution in [-0.4, -0.2) is 98.2 Å². The summed E-state index contributed by atoms with van der Waals surface area (Å²) in [5.74, 6) is 0.155. The maximum atomic E-state index is 11.3. The van der Waals surface area contributed by atoms with Crippen molar-refractivity contribution in [2.24, 2.45) is 5.41 Å². The highest BCUT2D eigenvalue weighted by Crippen LogP contribution is 2.47. The van der Waals surface area contributed by atoms with Crippen LogP contribution in [-0.2, 0) is 16.0 Å². The van der Waals surface area contributed by atoms with Crippen molar-refractivity contribution in [1.29, 1.82) is 0 Å². The van der Waals surface area contributed by atoms with Gasteiger partial charge in [0.05, 0.1) is 18.3 Å². The van der Waals surface area contributed by atoms with Gasteiger partial charge in [-0.2, -0.15) is 0 Å². The van der Waals surface area contributed by atoms with E-state index in [9.17, 15) is 15.0 Å². The van der Waals surface area contributed by atoms with Crippen molar-refractivity contribution >= 4 is 23.0 Å². The number of fused-ring (bicyclic) bond motifs is 3. The van der Waals surface area contributed by atoms with Crippen LogP contribution in [0.15, 0.2) is 42.7 Å². The number of phenolic OH excluding ortho intramolecular Hbond substituents is 1. The van der Waals surface area contributed by atoms with Gasteiger partial charge in [0.2, 0.25) is 5.95 Å². The average molecular weight is 611 g/mol. The number of piperidine rings is 1. The van der Waals surface area contributed by atoms with E-state index in [-0.39, 0.29) is 18.4 Å². The number of nitrogens with zero attached hydrogens (tertiary/aromatic N) is 6. The largest absolute Gasteiger partial charge is 0.507 e. The third-order valence-corrected chi connectivity index (χ3v) is 10.4. The molecule has 0 bridgehead atoms. The molecule has 1 unspecified atom stereocenters. The predicted octanol–water partition coefficient (Wildman–Crippen LogP) is 3.26. The fourth-order valence-corrected chi connectivity index (χ4v) is 7.93. The molecule has 3 aliphatic heterocycles. The van der Waals surface area contributed by atoms with E-state index in [0.29, 0.717) is 47.2 Å². The lowest BCUT2D eigenvalue weighted by Crippen LogP contribution is -2.65. The molecule has 1 aliphatic carbocycles. The van der Waals surface area contributed by atoms with Crippen molar-refractivity contribution in [3.8, 4) is 17.0 Å². The maximum absolute atomic E-state index is 11.3. The summed E-state index contributed by atoms with van der Waals surface area (Å²) in [6.45, 7) is 5.03. The highest BCUT2D eigenvalue weighted by Gasteiger charge is 2.50. The number of carboxylic acids is 1. The number of likely N-dealkylation sites (tertiary alicyclic amines) is 1. The minimum absolute atomic E-state index is 0.125. The molecule has 0 radical (unpaired) electrons. The van der Waals surface area contributed by atoms with Crippen LogP contribution in [0.1, 0.15) is 54.5 Å². The smallest absolute Gasteiger partial charge is 0.329 e. The molecule has 1 aromatic carbocycles. The van der Waals surface area contributed by atoms with Crippen molar-refractivity contribution < 1.29 is 19.7 Å². The number of aromatic amines is 1. The minimum Gasteiger partial charge on any atom is -0.507 e. The summed E-state index contributed by atoms with van der Waals surface area (Å²) in [4.78, 5) is 29.2. The number of para-hydroxylation sites is 1. The molecule has 3 aromatic heterocycles. The Bertz CT molecular complexity index is 1710. The van der Waals surface area contributed by atoms with Gasteiger partial charge in [0.1, 0.15) is 12.4 Å². The molecule has 234 valence electrons. The number of nitrogens with one attached hydrogen (secondary N) is 2. The molecule has 1 saturated carbocycles. The maximum Gasteiger partial charge on any atom is 0.329 e. The monoisotopic (exact) mass is 610 g/mol. The summed E-state index contributed by atoms with van der Waals surface area (Å²) < 4.78 is 5.69. The molecule has 1 spiro atoms. The molecule has 2 saturated heterocycles. The Morgan fingerprint density at radius 3 is 2.56 bits per heavy atom. The highest BCUT2D eigenvalue weighted by molar-refractivity contribution is 5.86. The zero-order valence-corrected chi connectivity index (χ0v) is 25.2. The second kappa shape index (κ2) is 11.3. The fourth-order valence-electron chi connectivity index (χ4n) is 7.93. The first-order valence-corrected chi connectivity index (χ1v) is 16.0. The highest BCUT2D eigenvalue weighted by atomic mass is 16.5. The first kappa shape index (κ1) is 28.4. The number of rotatable bonds is 8. The first-order chi connectivity index (χ1) is 22.0. The molecule has 3 fully saturated rings. The number of aromatic hydroxyl groups is 1. The normalized spacial score (nSPS) is 21.9. The Balaban J connectivity index is 1.03. The van der Waals surface area contributed by atoms with Crippen LogP contribution in [0, 0.1) is 5.41 Å². The van der Waals surface area contributed by atoms with E-state index in [0.717, 1.165) is 48.6 Å². The van der Waals surface area contributed by atoms with Gasteiger partial charge in [-0.05, 0) is 73.9 Å². The number of H-pyrrole nitrogens is 1. The van der Waals surface area contributed by atoms with E-state index in [1.165, 1.54) is 31.5 Å². The number of carbonyl (C=O) groups is 1. The van der Waals surface area contributed by atoms with E-state index in [1.807, 2.05) is 24.5 Å². The zero-order chi connectivity index (χ0) is 30.5. The Morgan fingerprint density at radius 2 is 1.84 bits per heavy atom. The second-order valence-corrected chi connectivity index (χ2v) is 13.2. The van der Waals surface area contributed by atoms with Crippen molar-refractivity contribution in [2.45, 2.75) is 50.1 Å². The van der Waals surface area contributed by atoms with E-state index in [4.69, 9.17) is 14.7 Å². The predicted molar refractivity (Wildman–Crippen MR) is 167 cm³/mol. The van der Waals surface area contributed by atoms with Crippen LogP contribution >= 0.6 is 0 Å². The minimum atomic E-state index is -1.02. The summed E-state index contributed by atoms with van der Waals surface area (Å²) in [7, 11) is 0. The molecule has 45 heavy (non-hydrogen) atoms. The quantitative estimate of drug-likeness (QED) is 0.233. The summed E-state index contributed by atoms with van der Waals surface area (Å²) in [5.41, 5.74) is 5.51. The SMILES string of the molecule is O=C(O)COCC1c2c([nH]c3nnc(-c4ccccc4O)cc23)CCN1c1ncc(C2CCN(C3CC4(CNC4)C3)CC2)cn1. The van der Waals surface area contributed by atoms with Gasteiger partial charge in [0.25, 0.3) is 0 Å². The van der Waals surface area contributed by atoms with Gasteiger partial charge in [-0.3, -0.25) is 0 Å². The molecule has 8 rings (SSSR count). The lowest BCUT2D eigenvalue weighted by Gasteiger charge is -2.58. The molecule has 12 nitrogen and oxygen atoms in total. The van der Waals surface area contributed by atoms with Crippen LogP contribution in [0.5, 0.6) is 5.75 Å². The molecule has 4 aliphatic rings. The van der Waals surface area contributed by atoms with Crippen LogP contribution < -0.4 is 10.2 Å². The van der Waals surface area contributed by atoms with Crippen LogP contribution in [0.25, 0.3) is 22.3 Å². The molecular formula is C33H38N8O4. The molecule has 0 amide bonds. The van der Waals surface area contributed by atoms with E-state index in [1.54, 1.807) is 18.2 Å². The molecule has 12 heteroatoms. The summed E-state index contributed by atoms with van der Waals surface area (Å²) >= 11 is 0. The van der Waals surface area contributed by atoms with Crippen molar-refractivity contribution in [3.05, 3.63) is 59.5 Å². The van der Waals surface area contributed by atoms with Crippen LogP contribution in [0.4, 0.5) is 5.95 Å². The number of benzene rings is 1. The van der Waals surface area contributed by atoms with Gasteiger partial charge in [-0.25, -0.2) is 14.8 Å². The Hall–Kier alpha value is -4.13. The Labute approximate surface area is 260 Å². The molecule has 4 aromatic rings. The van der Waals surface area contributed by atoms with Gasteiger partial charge >= 0.3 is 5.97 Å². The summed E-state index contributed by atoms with van der Waals surface area (Å²) in [5, 5.41) is 32.8. The number of hydrogen-bond acceptors (Lipinski definition) is 10. The lowest BCUT2D eigenvalue weighted by molar-refractivity contribution is -0.142. The average Bonchev–Trinajstić information content (AvgIpc) is 3.39. The summed E-state index contributed by atoms with van der Waals surface area (Å²) in [6.07, 6.45) is 9.59. The number of carboxylic acid groups (broad SMARTS) is 1. The summed E-state index contributed by atoms with van der Waals surface area (Å²) in [6, 6.07) is 9.37. The van der Waals surface area contributed by atoms with Gasteiger partial charge in [0, 0.05) is 66.7 Å².